The van der Waals surface area contributed by atoms with Crippen molar-refractivity contribution in [1.29, 1.82) is 0 Å². The van der Waals surface area contributed by atoms with E-state index in [-0.39, 0.29) is 0 Å². The summed E-state index contributed by atoms with van der Waals surface area (Å²) < 4.78 is 3.71. The van der Waals surface area contributed by atoms with Crippen molar-refractivity contribution in [3.63, 3.8) is 0 Å². The third kappa shape index (κ3) is 1.69. The Hall–Kier alpha value is -1.52. The summed E-state index contributed by atoms with van der Waals surface area (Å²) in [6, 6.07) is 5.69. The highest BCUT2D eigenvalue weighted by Crippen LogP contribution is 2.27. The van der Waals surface area contributed by atoms with Crippen LogP contribution in [0, 0.1) is 0 Å². The van der Waals surface area contributed by atoms with Gasteiger partial charge in [0.05, 0.1) is 28.3 Å². The van der Waals surface area contributed by atoms with Crippen LogP contribution in [0.3, 0.4) is 0 Å². The Kier molecular flexibility index (Phi) is 2.76. The third-order valence-electron chi connectivity index (χ3n) is 2.77. The van der Waals surface area contributed by atoms with Crippen molar-refractivity contribution >= 4 is 34.2 Å². The summed E-state index contributed by atoms with van der Waals surface area (Å²) in [5.74, 6) is 1.08. The topological polar surface area (TPSA) is 35.6 Å². The molecule has 0 radical (unpaired) electrons. The molecule has 0 spiro atoms. The molecule has 4 nitrogen and oxygen atoms in total. The van der Waals surface area contributed by atoms with Crippen LogP contribution in [-0.2, 0) is 12.9 Å². The summed E-state index contributed by atoms with van der Waals surface area (Å²) in [5, 5.41) is 4.80. The lowest BCUT2D eigenvalue weighted by Gasteiger charge is -2.03. The zero-order chi connectivity index (χ0) is 12.7. The van der Waals surface area contributed by atoms with Crippen LogP contribution in [0.1, 0.15) is 5.82 Å². The number of alkyl halides is 1. The summed E-state index contributed by atoms with van der Waals surface area (Å²) >= 11 is 12.1. The molecule has 0 fully saturated rings. The summed E-state index contributed by atoms with van der Waals surface area (Å²) in [6.07, 6.45) is 3.69. The lowest BCUT2D eigenvalue weighted by molar-refractivity contribution is 0.767. The molecule has 3 rings (SSSR count). The minimum Gasteiger partial charge on any atom is -0.292 e. The van der Waals surface area contributed by atoms with Crippen LogP contribution in [0.4, 0.5) is 0 Å². The smallest absolute Gasteiger partial charge is 0.129 e. The average Bonchev–Trinajstić information content (AvgIpc) is 2.93. The van der Waals surface area contributed by atoms with E-state index < -0.39 is 0 Å². The monoisotopic (exact) mass is 280 g/mol. The lowest BCUT2D eigenvalue weighted by atomic mass is 10.3. The van der Waals surface area contributed by atoms with Crippen molar-refractivity contribution < 1.29 is 0 Å². The predicted molar refractivity (Wildman–Crippen MR) is 72.4 cm³/mol. The zero-order valence-electron chi connectivity index (χ0n) is 9.64. The molecule has 2 heterocycles. The average molecular weight is 281 g/mol. The summed E-state index contributed by atoms with van der Waals surface area (Å²) in [7, 11) is 1.87. The van der Waals surface area contributed by atoms with Crippen LogP contribution in [-0.4, -0.2) is 19.3 Å². The molecular weight excluding hydrogens is 271 g/mol. The van der Waals surface area contributed by atoms with Crippen molar-refractivity contribution in [2.75, 3.05) is 0 Å². The molecule has 0 atom stereocenters. The van der Waals surface area contributed by atoms with Gasteiger partial charge < -0.3 is 0 Å². The van der Waals surface area contributed by atoms with E-state index in [4.69, 9.17) is 23.2 Å². The van der Waals surface area contributed by atoms with Crippen LogP contribution < -0.4 is 0 Å². The maximum Gasteiger partial charge on any atom is 0.129 e. The van der Waals surface area contributed by atoms with Gasteiger partial charge in [-0.05, 0) is 12.1 Å². The summed E-state index contributed by atoms with van der Waals surface area (Å²) in [6.45, 7) is 0. The maximum absolute atomic E-state index is 6.15. The van der Waals surface area contributed by atoms with Gasteiger partial charge in [-0.2, -0.15) is 5.10 Å². The molecule has 0 saturated heterocycles. The van der Waals surface area contributed by atoms with Crippen molar-refractivity contribution in [3.05, 3.63) is 41.4 Å². The van der Waals surface area contributed by atoms with Crippen molar-refractivity contribution in [1.82, 2.24) is 19.3 Å². The fourth-order valence-electron chi connectivity index (χ4n) is 2.01. The molecule has 0 aliphatic carbocycles. The molecule has 18 heavy (non-hydrogen) atoms. The number of halogens is 2. The van der Waals surface area contributed by atoms with Gasteiger partial charge in [0.2, 0.25) is 0 Å². The fourth-order valence-corrected chi connectivity index (χ4v) is 2.41. The highest BCUT2D eigenvalue weighted by Gasteiger charge is 2.14. The second-order valence-electron chi connectivity index (χ2n) is 3.98. The van der Waals surface area contributed by atoms with Crippen molar-refractivity contribution in [3.8, 4) is 5.69 Å². The van der Waals surface area contributed by atoms with E-state index in [9.17, 15) is 0 Å². The van der Waals surface area contributed by atoms with Gasteiger partial charge in [0.15, 0.2) is 0 Å². The number of nitrogens with zero attached hydrogens (tertiary/aromatic N) is 4. The molecule has 3 aromatic rings. The molecule has 0 aliphatic rings. The first kappa shape index (κ1) is 11.6. The zero-order valence-corrected chi connectivity index (χ0v) is 11.2. The van der Waals surface area contributed by atoms with E-state index in [0.29, 0.717) is 10.9 Å². The van der Waals surface area contributed by atoms with Gasteiger partial charge in [-0.3, -0.25) is 9.25 Å². The normalized spacial score (nSPS) is 11.3. The Morgan fingerprint density at radius 3 is 2.83 bits per heavy atom. The second kappa shape index (κ2) is 4.30. The Morgan fingerprint density at radius 1 is 1.33 bits per heavy atom. The van der Waals surface area contributed by atoms with Crippen molar-refractivity contribution in [2.45, 2.75) is 5.88 Å². The van der Waals surface area contributed by atoms with Gasteiger partial charge in [-0.1, -0.05) is 17.7 Å². The Labute approximate surface area is 114 Å². The molecule has 0 saturated carbocycles. The van der Waals surface area contributed by atoms with Gasteiger partial charge >= 0.3 is 0 Å². The predicted octanol–water partition coefficient (Wildman–Crippen LogP) is 3.15. The molecule has 1 aromatic carbocycles. The lowest BCUT2D eigenvalue weighted by Crippen LogP contribution is -1.97. The minimum absolute atomic E-state index is 0.319. The van der Waals surface area contributed by atoms with Crippen LogP contribution in [0.2, 0.25) is 5.02 Å². The number of rotatable bonds is 2. The number of para-hydroxylation sites is 1. The largest absolute Gasteiger partial charge is 0.292 e. The summed E-state index contributed by atoms with van der Waals surface area (Å²) in [4.78, 5) is 4.48. The van der Waals surface area contributed by atoms with Gasteiger partial charge in [0, 0.05) is 13.2 Å². The molecule has 0 amide bonds. The van der Waals surface area contributed by atoms with Crippen LogP contribution in [0.25, 0.3) is 16.7 Å². The standard InChI is InChI=1S/C12H10Cl2N4/c1-17-7-8(6-15-17)18-10-4-2-3-9(14)12(10)16-11(18)5-13/h2-4,6-7H,5H2,1H3. The van der Waals surface area contributed by atoms with E-state index in [0.717, 1.165) is 22.5 Å². The van der Waals surface area contributed by atoms with E-state index in [2.05, 4.69) is 10.1 Å². The Morgan fingerprint density at radius 2 is 2.17 bits per heavy atom. The molecule has 0 bridgehead atoms. The highest BCUT2D eigenvalue weighted by molar-refractivity contribution is 6.35. The first-order chi connectivity index (χ1) is 8.70. The molecular formula is C12H10Cl2N4. The van der Waals surface area contributed by atoms with Gasteiger partial charge in [-0.25, -0.2) is 4.98 Å². The SMILES string of the molecule is Cn1cc(-n2c(CCl)nc3c(Cl)cccc32)cn1. The Balaban J connectivity index is 2.36. The van der Waals surface area contributed by atoms with Crippen LogP contribution in [0.15, 0.2) is 30.6 Å². The summed E-state index contributed by atoms with van der Waals surface area (Å²) in [5.41, 5.74) is 2.63. The number of imidazole rings is 1. The molecule has 92 valence electrons. The molecule has 6 heteroatoms. The Bertz CT molecular complexity index is 714. The fraction of sp³-hybridized carbons (Fsp3) is 0.167. The maximum atomic E-state index is 6.15. The number of aryl methyl sites for hydroxylation is 1. The molecule has 2 aromatic heterocycles. The molecule has 0 unspecified atom stereocenters. The van der Waals surface area contributed by atoms with Gasteiger partial charge in [0.25, 0.3) is 0 Å². The van der Waals surface area contributed by atoms with Crippen LogP contribution in [0.5, 0.6) is 0 Å². The number of hydrogen-bond acceptors (Lipinski definition) is 2. The molecule has 0 aliphatic heterocycles. The highest BCUT2D eigenvalue weighted by atomic mass is 35.5. The number of benzene rings is 1. The van der Waals surface area contributed by atoms with E-state index >= 15 is 0 Å². The van der Waals surface area contributed by atoms with Gasteiger partial charge in [-0.15, -0.1) is 11.6 Å². The first-order valence-corrected chi connectivity index (χ1v) is 6.33. The minimum atomic E-state index is 0.319. The number of fused-ring (bicyclic) bond motifs is 1. The van der Waals surface area contributed by atoms with Crippen molar-refractivity contribution in [2.24, 2.45) is 7.05 Å². The molecule has 0 N–H and O–H groups in total. The number of aromatic nitrogens is 4. The van der Waals surface area contributed by atoms with E-state index in [1.807, 2.05) is 36.0 Å². The second-order valence-corrected chi connectivity index (χ2v) is 4.65. The third-order valence-corrected chi connectivity index (χ3v) is 3.32. The van der Waals surface area contributed by atoms with Gasteiger partial charge in [0.1, 0.15) is 11.3 Å². The van der Waals surface area contributed by atoms with E-state index in [1.165, 1.54) is 0 Å². The first-order valence-electron chi connectivity index (χ1n) is 5.41. The van der Waals surface area contributed by atoms with E-state index in [1.54, 1.807) is 10.9 Å². The quantitative estimate of drug-likeness (QED) is 0.676. The van der Waals surface area contributed by atoms with Crippen LogP contribution >= 0.6 is 23.2 Å². The number of hydrogen-bond donors (Lipinski definition) is 0.